The SMILES string of the molecule is COC(=O)c1ccc([C@H]2C=C(C(=O)NCC3CC3)O[C@@H](OCCCCO)C2)cc1. The molecule has 158 valence electrons. The van der Waals surface area contributed by atoms with Crippen LogP contribution in [-0.4, -0.2) is 50.1 Å². The standard InChI is InChI=1S/C22H29NO6/c1-27-22(26)17-8-6-16(7-9-17)18-12-19(21(25)23-14-15-4-5-15)29-20(13-18)28-11-3-2-10-24/h6-9,12,15,18,20,24H,2-5,10-11,13-14H2,1H3,(H,23,25)/t18-,20+/m0/s1. The van der Waals surface area contributed by atoms with Gasteiger partial charge in [0.25, 0.3) is 5.91 Å². The molecule has 1 fully saturated rings. The van der Waals surface area contributed by atoms with Crippen molar-refractivity contribution in [3.63, 3.8) is 0 Å². The Bertz CT molecular complexity index is 725. The summed E-state index contributed by atoms with van der Waals surface area (Å²) in [5.41, 5.74) is 1.45. The number of methoxy groups -OCH3 is 1. The minimum absolute atomic E-state index is 0.0695. The van der Waals surface area contributed by atoms with Crippen molar-refractivity contribution in [2.24, 2.45) is 5.92 Å². The number of hydrogen-bond acceptors (Lipinski definition) is 6. The minimum atomic E-state index is -0.536. The molecule has 0 spiro atoms. The topological polar surface area (TPSA) is 94.1 Å². The van der Waals surface area contributed by atoms with E-state index in [1.54, 1.807) is 12.1 Å². The molecule has 0 radical (unpaired) electrons. The number of benzene rings is 1. The summed E-state index contributed by atoms with van der Waals surface area (Å²) in [5.74, 6) is 0.169. The summed E-state index contributed by atoms with van der Waals surface area (Å²) in [5, 5.41) is 11.8. The number of carbonyl (C=O) groups excluding carboxylic acids is 2. The third-order valence-corrected chi connectivity index (χ3v) is 5.15. The van der Waals surface area contributed by atoms with Crippen molar-refractivity contribution < 1.29 is 28.9 Å². The molecule has 1 saturated carbocycles. The van der Waals surface area contributed by atoms with Gasteiger partial charge < -0.3 is 24.6 Å². The predicted molar refractivity (Wildman–Crippen MR) is 106 cm³/mol. The number of nitrogens with one attached hydrogen (secondary N) is 1. The molecule has 1 heterocycles. The largest absolute Gasteiger partial charge is 0.465 e. The van der Waals surface area contributed by atoms with Gasteiger partial charge in [0.15, 0.2) is 5.76 Å². The first-order chi connectivity index (χ1) is 14.1. The minimum Gasteiger partial charge on any atom is -0.465 e. The molecule has 0 aromatic heterocycles. The van der Waals surface area contributed by atoms with Crippen LogP contribution in [0.5, 0.6) is 0 Å². The van der Waals surface area contributed by atoms with Crippen molar-refractivity contribution in [2.75, 3.05) is 26.9 Å². The van der Waals surface area contributed by atoms with Crippen LogP contribution >= 0.6 is 0 Å². The summed E-state index contributed by atoms with van der Waals surface area (Å²) in [7, 11) is 1.35. The van der Waals surface area contributed by atoms with Gasteiger partial charge in [-0.05, 0) is 55.4 Å². The molecular weight excluding hydrogens is 374 g/mol. The lowest BCUT2D eigenvalue weighted by atomic mass is 9.92. The van der Waals surface area contributed by atoms with Gasteiger partial charge in [0.1, 0.15) is 0 Å². The molecule has 2 atom stereocenters. The maximum absolute atomic E-state index is 12.6. The molecule has 1 aromatic carbocycles. The van der Waals surface area contributed by atoms with Gasteiger partial charge in [-0.25, -0.2) is 4.79 Å². The fourth-order valence-corrected chi connectivity index (χ4v) is 3.21. The van der Waals surface area contributed by atoms with E-state index in [1.165, 1.54) is 7.11 Å². The van der Waals surface area contributed by atoms with Crippen molar-refractivity contribution in [2.45, 2.75) is 44.3 Å². The molecule has 1 aliphatic carbocycles. The highest BCUT2D eigenvalue weighted by Gasteiger charge is 2.30. The van der Waals surface area contributed by atoms with Gasteiger partial charge >= 0.3 is 5.97 Å². The number of aliphatic hydroxyl groups is 1. The Morgan fingerprint density at radius 2 is 1.97 bits per heavy atom. The first kappa shape index (κ1) is 21.3. The number of amides is 1. The summed E-state index contributed by atoms with van der Waals surface area (Å²) in [4.78, 5) is 24.2. The van der Waals surface area contributed by atoms with Crippen LogP contribution < -0.4 is 5.32 Å². The molecule has 3 rings (SSSR count). The zero-order valence-corrected chi connectivity index (χ0v) is 16.8. The third kappa shape index (κ3) is 6.30. The number of esters is 1. The lowest BCUT2D eigenvalue weighted by Gasteiger charge is -2.29. The van der Waals surface area contributed by atoms with Crippen LogP contribution in [0.2, 0.25) is 0 Å². The van der Waals surface area contributed by atoms with Gasteiger partial charge in [-0.15, -0.1) is 0 Å². The van der Waals surface area contributed by atoms with Crippen LogP contribution in [0, 0.1) is 5.92 Å². The fraction of sp³-hybridized carbons (Fsp3) is 0.545. The van der Waals surface area contributed by atoms with Crippen molar-refractivity contribution in [3.8, 4) is 0 Å². The van der Waals surface area contributed by atoms with Gasteiger partial charge in [0.2, 0.25) is 6.29 Å². The maximum Gasteiger partial charge on any atom is 0.337 e. The van der Waals surface area contributed by atoms with Crippen LogP contribution in [0.1, 0.15) is 53.9 Å². The Labute approximate surface area is 171 Å². The van der Waals surface area contributed by atoms with E-state index in [1.807, 2.05) is 18.2 Å². The molecule has 0 bridgehead atoms. The van der Waals surface area contributed by atoms with E-state index in [2.05, 4.69) is 5.32 Å². The average molecular weight is 403 g/mol. The van der Waals surface area contributed by atoms with Crippen molar-refractivity contribution in [3.05, 3.63) is 47.2 Å². The number of carbonyl (C=O) groups is 2. The van der Waals surface area contributed by atoms with Crippen molar-refractivity contribution >= 4 is 11.9 Å². The maximum atomic E-state index is 12.6. The molecule has 29 heavy (non-hydrogen) atoms. The second-order valence-electron chi connectivity index (χ2n) is 7.49. The first-order valence-corrected chi connectivity index (χ1v) is 10.2. The monoisotopic (exact) mass is 403 g/mol. The number of rotatable bonds is 10. The van der Waals surface area contributed by atoms with E-state index in [9.17, 15) is 9.59 Å². The van der Waals surface area contributed by atoms with E-state index in [0.717, 1.165) is 24.8 Å². The summed E-state index contributed by atoms with van der Waals surface area (Å²) in [6.07, 6.45) is 5.56. The van der Waals surface area contributed by atoms with Crippen LogP contribution in [-0.2, 0) is 19.0 Å². The number of unbranched alkanes of at least 4 members (excludes halogenated alkanes) is 1. The number of ether oxygens (including phenoxy) is 3. The molecule has 0 unspecified atom stereocenters. The molecule has 1 amide bonds. The molecule has 0 saturated heterocycles. The lowest BCUT2D eigenvalue weighted by Crippen LogP contribution is -2.34. The smallest absolute Gasteiger partial charge is 0.337 e. The van der Waals surface area contributed by atoms with Crippen molar-refractivity contribution in [1.29, 1.82) is 0 Å². The summed E-state index contributed by atoms with van der Waals surface area (Å²) >= 11 is 0. The van der Waals surface area contributed by atoms with Gasteiger partial charge in [-0.2, -0.15) is 0 Å². The Hall–Kier alpha value is -2.38. The Balaban J connectivity index is 1.70. The van der Waals surface area contributed by atoms with Gasteiger partial charge in [-0.3, -0.25) is 4.79 Å². The molecular formula is C22H29NO6. The molecule has 7 heteroatoms. The zero-order chi connectivity index (χ0) is 20.6. The Morgan fingerprint density at radius 3 is 2.62 bits per heavy atom. The number of aliphatic hydroxyl groups excluding tert-OH is 1. The van der Waals surface area contributed by atoms with Gasteiger partial charge in [-0.1, -0.05) is 12.1 Å². The Morgan fingerprint density at radius 1 is 1.21 bits per heavy atom. The molecule has 7 nitrogen and oxygen atoms in total. The van der Waals surface area contributed by atoms with Crippen LogP contribution in [0.25, 0.3) is 0 Å². The second-order valence-corrected chi connectivity index (χ2v) is 7.49. The molecule has 1 aliphatic heterocycles. The summed E-state index contributed by atoms with van der Waals surface area (Å²) in [6, 6.07) is 7.16. The highest BCUT2D eigenvalue weighted by molar-refractivity contribution is 5.92. The lowest BCUT2D eigenvalue weighted by molar-refractivity contribution is -0.146. The summed E-state index contributed by atoms with van der Waals surface area (Å²) < 4.78 is 16.3. The number of hydrogen-bond donors (Lipinski definition) is 2. The van der Waals surface area contributed by atoms with E-state index < -0.39 is 6.29 Å². The zero-order valence-electron chi connectivity index (χ0n) is 16.8. The highest BCUT2D eigenvalue weighted by Crippen LogP contribution is 2.32. The average Bonchev–Trinajstić information content (AvgIpc) is 3.59. The number of allylic oxidation sites excluding steroid dienone is 1. The van der Waals surface area contributed by atoms with Crippen LogP contribution in [0.15, 0.2) is 36.1 Å². The van der Waals surface area contributed by atoms with E-state index in [0.29, 0.717) is 37.5 Å². The second kappa shape index (κ2) is 10.4. The fourth-order valence-electron chi connectivity index (χ4n) is 3.21. The quantitative estimate of drug-likeness (QED) is 0.461. The first-order valence-electron chi connectivity index (χ1n) is 10.2. The third-order valence-electron chi connectivity index (χ3n) is 5.15. The van der Waals surface area contributed by atoms with Gasteiger partial charge in [0, 0.05) is 25.5 Å². The van der Waals surface area contributed by atoms with Crippen LogP contribution in [0.3, 0.4) is 0 Å². The van der Waals surface area contributed by atoms with E-state index in [-0.39, 0.29) is 30.2 Å². The Kier molecular flexibility index (Phi) is 7.66. The molecule has 2 N–H and O–H groups in total. The highest BCUT2D eigenvalue weighted by atomic mass is 16.7. The van der Waals surface area contributed by atoms with E-state index >= 15 is 0 Å². The van der Waals surface area contributed by atoms with Crippen molar-refractivity contribution in [1.82, 2.24) is 5.32 Å². The molecule has 1 aromatic rings. The molecule has 2 aliphatic rings. The predicted octanol–water partition coefficient (Wildman–Crippen LogP) is 2.50. The van der Waals surface area contributed by atoms with Crippen LogP contribution in [0.4, 0.5) is 0 Å². The normalized spacial score (nSPS) is 21.1. The van der Waals surface area contributed by atoms with Gasteiger partial charge in [0.05, 0.1) is 19.3 Å². The van der Waals surface area contributed by atoms with E-state index in [4.69, 9.17) is 19.3 Å². The summed E-state index contributed by atoms with van der Waals surface area (Å²) in [6.45, 7) is 1.25.